The van der Waals surface area contributed by atoms with Gasteiger partial charge in [-0.15, -0.1) is 0 Å². The number of carbonyl (C=O) groups excluding carboxylic acids is 2. The van der Waals surface area contributed by atoms with Crippen LogP contribution in [0.5, 0.6) is 0 Å². The molecule has 4 nitrogen and oxygen atoms in total. The average molecular weight is 305 g/mol. The first-order chi connectivity index (χ1) is 9.97. The van der Waals surface area contributed by atoms with E-state index in [2.05, 4.69) is 5.32 Å². The van der Waals surface area contributed by atoms with Crippen molar-refractivity contribution < 1.29 is 14.7 Å². The van der Waals surface area contributed by atoms with Gasteiger partial charge in [-0.05, 0) is 42.9 Å². The van der Waals surface area contributed by atoms with Gasteiger partial charge in [0.15, 0.2) is 0 Å². The summed E-state index contributed by atoms with van der Waals surface area (Å²) >= 11 is 5.94. The van der Waals surface area contributed by atoms with Gasteiger partial charge in [-0.2, -0.15) is 0 Å². The van der Waals surface area contributed by atoms with Crippen LogP contribution in [0.25, 0.3) is 0 Å². The minimum Gasteiger partial charge on any atom is -0.550 e. The fourth-order valence-corrected chi connectivity index (χ4v) is 3.62. The summed E-state index contributed by atoms with van der Waals surface area (Å²) in [4.78, 5) is 23.8. The van der Waals surface area contributed by atoms with Gasteiger partial charge in [0.1, 0.15) is 0 Å². The Hall–Kier alpha value is -1.81. The molecule has 110 valence electrons. The van der Waals surface area contributed by atoms with E-state index < -0.39 is 17.8 Å². The zero-order chi connectivity index (χ0) is 15.1. The number of anilines is 1. The topological polar surface area (TPSA) is 69.2 Å². The SMILES string of the molecule is Cc1ccc(Cl)cc1NC(=O)[C@@H]1[C@@H](C(=O)[O-])[C@H]2C=C[C@H]1C2. The average Bonchev–Trinajstić information content (AvgIpc) is 3.03. The van der Waals surface area contributed by atoms with Gasteiger partial charge in [-0.25, -0.2) is 0 Å². The van der Waals surface area contributed by atoms with Crippen LogP contribution in [0.3, 0.4) is 0 Å². The number of aliphatic carboxylic acids is 1. The van der Waals surface area contributed by atoms with Gasteiger partial charge in [-0.1, -0.05) is 29.8 Å². The molecule has 0 aromatic heterocycles. The number of nitrogens with one attached hydrogen (secondary N) is 1. The first kappa shape index (κ1) is 14.1. The van der Waals surface area contributed by atoms with Crippen LogP contribution in [-0.4, -0.2) is 11.9 Å². The molecule has 1 aromatic carbocycles. The van der Waals surface area contributed by atoms with E-state index >= 15 is 0 Å². The van der Waals surface area contributed by atoms with Crippen LogP contribution in [0.2, 0.25) is 5.02 Å². The van der Waals surface area contributed by atoms with E-state index in [1.807, 2.05) is 25.1 Å². The Kier molecular flexibility index (Phi) is 3.49. The quantitative estimate of drug-likeness (QED) is 0.865. The normalized spacial score (nSPS) is 29.6. The van der Waals surface area contributed by atoms with E-state index in [0.29, 0.717) is 17.1 Å². The van der Waals surface area contributed by atoms with Crippen LogP contribution >= 0.6 is 11.6 Å². The number of carbonyl (C=O) groups is 2. The molecule has 1 amide bonds. The number of carboxylic acid groups (broad SMARTS) is 1. The van der Waals surface area contributed by atoms with Crippen LogP contribution in [0.4, 0.5) is 5.69 Å². The van der Waals surface area contributed by atoms with Crippen molar-refractivity contribution in [2.24, 2.45) is 23.7 Å². The monoisotopic (exact) mass is 304 g/mol. The van der Waals surface area contributed by atoms with E-state index in [-0.39, 0.29) is 17.7 Å². The maximum atomic E-state index is 12.5. The van der Waals surface area contributed by atoms with Crippen LogP contribution < -0.4 is 10.4 Å². The minimum atomic E-state index is -1.14. The third kappa shape index (κ3) is 2.44. The number of allylic oxidation sites excluding steroid dienone is 2. The number of hydrogen-bond acceptors (Lipinski definition) is 3. The van der Waals surface area contributed by atoms with E-state index in [4.69, 9.17) is 11.6 Å². The Labute approximate surface area is 127 Å². The Bertz CT molecular complexity index is 640. The summed E-state index contributed by atoms with van der Waals surface area (Å²) < 4.78 is 0. The molecule has 2 aliphatic carbocycles. The number of amides is 1. The molecule has 0 spiro atoms. The van der Waals surface area contributed by atoms with Gasteiger partial charge in [0, 0.05) is 22.6 Å². The van der Waals surface area contributed by atoms with Crippen LogP contribution in [0, 0.1) is 30.6 Å². The van der Waals surface area contributed by atoms with Gasteiger partial charge < -0.3 is 15.2 Å². The third-order valence-electron chi connectivity index (χ3n) is 4.49. The Balaban J connectivity index is 1.83. The van der Waals surface area contributed by atoms with Crippen LogP contribution in [0.15, 0.2) is 30.4 Å². The van der Waals surface area contributed by atoms with Crippen molar-refractivity contribution in [3.05, 3.63) is 40.9 Å². The predicted octanol–water partition coefficient (Wildman–Crippen LogP) is 1.78. The highest BCUT2D eigenvalue weighted by Crippen LogP contribution is 2.48. The smallest absolute Gasteiger partial charge is 0.228 e. The van der Waals surface area contributed by atoms with Crippen molar-refractivity contribution in [3.63, 3.8) is 0 Å². The van der Waals surface area contributed by atoms with E-state index in [1.165, 1.54) is 0 Å². The number of benzene rings is 1. The molecule has 1 fully saturated rings. The molecule has 5 heteroatoms. The zero-order valence-electron chi connectivity index (χ0n) is 11.5. The summed E-state index contributed by atoms with van der Waals surface area (Å²) in [6, 6.07) is 5.23. The van der Waals surface area contributed by atoms with E-state index in [1.54, 1.807) is 12.1 Å². The van der Waals surface area contributed by atoms with Crippen molar-refractivity contribution in [1.82, 2.24) is 0 Å². The van der Waals surface area contributed by atoms with Crippen LogP contribution in [0.1, 0.15) is 12.0 Å². The van der Waals surface area contributed by atoms with Gasteiger partial charge in [0.05, 0.1) is 5.92 Å². The molecule has 2 aliphatic rings. The second kappa shape index (κ2) is 5.19. The van der Waals surface area contributed by atoms with Gasteiger partial charge in [0.2, 0.25) is 5.91 Å². The number of fused-ring (bicyclic) bond motifs is 2. The second-order valence-electron chi connectivity index (χ2n) is 5.77. The molecule has 0 saturated heterocycles. The van der Waals surface area contributed by atoms with Crippen LogP contribution in [-0.2, 0) is 9.59 Å². The maximum Gasteiger partial charge on any atom is 0.228 e. The lowest BCUT2D eigenvalue weighted by Crippen LogP contribution is -2.42. The maximum absolute atomic E-state index is 12.5. The molecule has 1 N–H and O–H groups in total. The van der Waals surface area contributed by atoms with Crippen molar-refractivity contribution in [1.29, 1.82) is 0 Å². The van der Waals surface area contributed by atoms with E-state index in [9.17, 15) is 14.7 Å². The van der Waals surface area contributed by atoms with Crippen molar-refractivity contribution in [3.8, 4) is 0 Å². The third-order valence-corrected chi connectivity index (χ3v) is 4.73. The minimum absolute atomic E-state index is 0.0163. The summed E-state index contributed by atoms with van der Waals surface area (Å²) in [5, 5.41) is 14.7. The lowest BCUT2D eigenvalue weighted by atomic mass is 9.82. The van der Waals surface area contributed by atoms with Gasteiger partial charge in [0.25, 0.3) is 0 Å². The Morgan fingerprint density at radius 1 is 1.24 bits per heavy atom. The van der Waals surface area contributed by atoms with Crippen molar-refractivity contribution in [2.75, 3.05) is 5.32 Å². The van der Waals surface area contributed by atoms with Crippen molar-refractivity contribution in [2.45, 2.75) is 13.3 Å². The standard InChI is InChI=1S/C16H16ClNO3/c1-8-2-5-11(17)7-12(8)18-15(19)13-9-3-4-10(6-9)14(13)16(20)21/h2-5,7,9-10,13-14H,6H2,1H3,(H,18,19)(H,20,21)/p-1/t9-,10-,13-,14-/m0/s1. The molecular formula is C16H15ClNO3-. The first-order valence-corrected chi connectivity index (χ1v) is 7.31. The number of rotatable bonds is 3. The highest BCUT2D eigenvalue weighted by Gasteiger charge is 2.48. The lowest BCUT2D eigenvalue weighted by Gasteiger charge is -2.28. The lowest BCUT2D eigenvalue weighted by molar-refractivity contribution is -0.313. The number of carboxylic acids is 1. The molecule has 4 atom stereocenters. The second-order valence-corrected chi connectivity index (χ2v) is 6.20. The molecule has 0 aliphatic heterocycles. The summed E-state index contributed by atoms with van der Waals surface area (Å²) in [6.07, 6.45) is 4.55. The number of hydrogen-bond donors (Lipinski definition) is 1. The molecule has 1 saturated carbocycles. The molecule has 0 unspecified atom stereocenters. The highest BCUT2D eigenvalue weighted by molar-refractivity contribution is 6.31. The molecule has 0 radical (unpaired) electrons. The molecule has 1 aromatic rings. The Morgan fingerprint density at radius 2 is 1.90 bits per heavy atom. The van der Waals surface area contributed by atoms with Gasteiger partial charge in [-0.3, -0.25) is 4.79 Å². The number of aryl methyl sites for hydroxylation is 1. The fraction of sp³-hybridized carbons (Fsp3) is 0.375. The molecule has 0 heterocycles. The summed E-state index contributed by atoms with van der Waals surface area (Å²) in [5.41, 5.74) is 1.51. The van der Waals surface area contributed by atoms with E-state index in [0.717, 1.165) is 5.56 Å². The first-order valence-electron chi connectivity index (χ1n) is 6.93. The summed E-state index contributed by atoms with van der Waals surface area (Å²) in [6.45, 7) is 1.86. The van der Waals surface area contributed by atoms with Gasteiger partial charge >= 0.3 is 0 Å². The zero-order valence-corrected chi connectivity index (χ0v) is 12.3. The molecular weight excluding hydrogens is 290 g/mol. The molecule has 2 bridgehead atoms. The largest absolute Gasteiger partial charge is 0.550 e. The number of halogens is 1. The Morgan fingerprint density at radius 3 is 2.57 bits per heavy atom. The predicted molar refractivity (Wildman–Crippen MR) is 77.5 cm³/mol. The molecule has 21 heavy (non-hydrogen) atoms. The summed E-state index contributed by atoms with van der Waals surface area (Å²) in [7, 11) is 0. The van der Waals surface area contributed by atoms with Crippen molar-refractivity contribution >= 4 is 29.2 Å². The fourth-order valence-electron chi connectivity index (χ4n) is 3.45. The highest BCUT2D eigenvalue weighted by atomic mass is 35.5. The molecule has 3 rings (SSSR count). The summed E-state index contributed by atoms with van der Waals surface area (Å²) in [5.74, 6) is -2.82.